The number of rotatable bonds is 10. The number of carbonyl (C=O) groups excluding carboxylic acids is 2. The summed E-state index contributed by atoms with van der Waals surface area (Å²) in [7, 11) is -2.14. The molecule has 4 aromatic carbocycles. The van der Waals surface area contributed by atoms with Crippen LogP contribution in [0.15, 0.2) is 100 Å². The molecule has 1 heterocycles. The first-order valence-corrected chi connectivity index (χ1v) is 15.4. The van der Waals surface area contributed by atoms with Crippen LogP contribution in [0.2, 0.25) is 0 Å². The van der Waals surface area contributed by atoms with Gasteiger partial charge in [0.05, 0.1) is 10.6 Å². The first-order valence-electron chi connectivity index (χ1n) is 13.1. The van der Waals surface area contributed by atoms with Crippen LogP contribution in [0.3, 0.4) is 0 Å². The van der Waals surface area contributed by atoms with Gasteiger partial charge in [-0.25, -0.2) is 8.42 Å². The molecule has 2 amide bonds. The van der Waals surface area contributed by atoms with Crippen molar-refractivity contribution in [3.8, 4) is 0 Å². The molecular formula is C31H30BrN3O4S. The van der Waals surface area contributed by atoms with Crippen molar-refractivity contribution in [3.63, 3.8) is 0 Å². The van der Waals surface area contributed by atoms with Gasteiger partial charge in [0, 0.05) is 42.8 Å². The Balaban J connectivity index is 1.37. The molecule has 1 atom stereocenters. The highest BCUT2D eigenvalue weighted by Crippen LogP contribution is 2.42. The van der Waals surface area contributed by atoms with E-state index in [0.29, 0.717) is 23.4 Å². The molecule has 7 nitrogen and oxygen atoms in total. The number of nitrogens with one attached hydrogen (secondary N) is 1. The number of hydrogen-bond acceptors (Lipinski definition) is 4. The number of nitrogens with zero attached hydrogens (tertiary/aromatic N) is 2. The minimum absolute atomic E-state index is 0.0944. The van der Waals surface area contributed by atoms with E-state index in [-0.39, 0.29) is 31.3 Å². The summed E-state index contributed by atoms with van der Waals surface area (Å²) >= 11 is 3.45. The monoisotopic (exact) mass is 619 g/mol. The Labute approximate surface area is 243 Å². The van der Waals surface area contributed by atoms with Crippen molar-refractivity contribution in [2.45, 2.75) is 36.7 Å². The van der Waals surface area contributed by atoms with E-state index < -0.39 is 16.1 Å². The summed E-state index contributed by atoms with van der Waals surface area (Å²) in [6.45, 7) is 0.418. The van der Waals surface area contributed by atoms with Crippen molar-refractivity contribution < 1.29 is 18.0 Å². The standard InChI is InChI=1S/C31H30BrN3O4S/c1-33-31(37)27(20-22-8-3-2-4-9-22)34(21-23-15-17-25(32)18-16-23)29(36)14-7-19-35-26-12-5-10-24-11-6-13-28(30(24)26)40(35,38)39/h2-6,8-13,15-18,27H,7,14,19-21H2,1H3,(H,33,37)/t27-/m1/s1. The van der Waals surface area contributed by atoms with Crippen LogP contribution in [0.5, 0.6) is 0 Å². The van der Waals surface area contributed by atoms with Crippen LogP contribution in [0, 0.1) is 0 Å². The molecule has 0 radical (unpaired) electrons. The Morgan fingerprint density at radius 1 is 0.900 bits per heavy atom. The molecule has 0 spiro atoms. The van der Waals surface area contributed by atoms with Crippen molar-refractivity contribution >= 4 is 54.2 Å². The minimum atomic E-state index is -3.70. The van der Waals surface area contributed by atoms with Gasteiger partial charge in [-0.15, -0.1) is 0 Å². The van der Waals surface area contributed by atoms with Crippen molar-refractivity contribution in [1.29, 1.82) is 0 Å². The Morgan fingerprint density at radius 3 is 2.30 bits per heavy atom. The van der Waals surface area contributed by atoms with Gasteiger partial charge < -0.3 is 10.2 Å². The molecule has 4 aromatic rings. The Kier molecular flexibility index (Phi) is 8.23. The average Bonchev–Trinajstić information content (AvgIpc) is 3.19. The lowest BCUT2D eigenvalue weighted by atomic mass is 10.0. The highest BCUT2D eigenvalue weighted by molar-refractivity contribution is 9.10. The van der Waals surface area contributed by atoms with Crippen LogP contribution in [0.4, 0.5) is 5.69 Å². The number of anilines is 1. The summed E-state index contributed by atoms with van der Waals surface area (Å²) in [6, 6.07) is 27.4. The predicted octanol–water partition coefficient (Wildman–Crippen LogP) is 5.28. The molecule has 0 aromatic heterocycles. The third-order valence-corrected chi connectivity index (χ3v) is 9.60. The maximum absolute atomic E-state index is 13.8. The first-order chi connectivity index (χ1) is 19.3. The number of hydrogen-bond donors (Lipinski definition) is 1. The van der Waals surface area contributed by atoms with Gasteiger partial charge in [-0.05, 0) is 47.2 Å². The quantitative estimate of drug-likeness (QED) is 0.262. The molecule has 0 saturated carbocycles. The van der Waals surface area contributed by atoms with Crippen molar-refractivity contribution in [3.05, 3.63) is 107 Å². The largest absolute Gasteiger partial charge is 0.357 e. The SMILES string of the molecule is CNC(=O)[C@@H](Cc1ccccc1)N(Cc1ccc(Br)cc1)C(=O)CCCN1c2cccc3cccc(c23)S1(=O)=O. The summed E-state index contributed by atoms with van der Waals surface area (Å²) in [5.74, 6) is -0.460. The number of benzene rings is 4. The van der Waals surface area contributed by atoms with E-state index in [1.54, 1.807) is 30.1 Å². The van der Waals surface area contributed by atoms with Crippen molar-refractivity contribution in [2.75, 3.05) is 17.9 Å². The van der Waals surface area contributed by atoms with Gasteiger partial charge in [0.15, 0.2) is 0 Å². The molecule has 0 saturated heterocycles. The van der Waals surface area contributed by atoms with E-state index in [2.05, 4.69) is 21.2 Å². The summed E-state index contributed by atoms with van der Waals surface area (Å²) < 4.78 is 29.0. The lowest BCUT2D eigenvalue weighted by molar-refractivity contribution is -0.141. The van der Waals surface area contributed by atoms with Crippen LogP contribution in [-0.4, -0.2) is 44.8 Å². The molecule has 0 fully saturated rings. The zero-order valence-corrected chi connectivity index (χ0v) is 24.5. The zero-order chi connectivity index (χ0) is 28.3. The maximum atomic E-state index is 13.8. The third-order valence-electron chi connectivity index (χ3n) is 7.22. The fraction of sp³-hybridized carbons (Fsp3) is 0.226. The molecule has 0 bridgehead atoms. The van der Waals surface area contributed by atoms with Crippen molar-refractivity contribution in [1.82, 2.24) is 10.2 Å². The Hall–Kier alpha value is -3.69. The lowest BCUT2D eigenvalue weighted by Crippen LogP contribution is -2.49. The molecule has 1 N–H and O–H groups in total. The van der Waals surface area contributed by atoms with E-state index in [1.807, 2.05) is 72.8 Å². The molecule has 9 heteroatoms. The van der Waals surface area contributed by atoms with Crippen LogP contribution >= 0.6 is 15.9 Å². The summed E-state index contributed by atoms with van der Waals surface area (Å²) in [6.07, 6.45) is 0.767. The minimum Gasteiger partial charge on any atom is -0.357 e. The number of halogens is 1. The van der Waals surface area contributed by atoms with Gasteiger partial charge in [0.1, 0.15) is 6.04 Å². The highest BCUT2D eigenvalue weighted by atomic mass is 79.9. The molecular weight excluding hydrogens is 590 g/mol. The van der Waals surface area contributed by atoms with Crippen LogP contribution in [-0.2, 0) is 32.6 Å². The number of carbonyl (C=O) groups is 2. The normalized spacial score (nSPS) is 14.2. The second kappa shape index (κ2) is 11.8. The Bertz CT molecular complexity index is 1640. The van der Waals surface area contributed by atoms with Crippen LogP contribution in [0.1, 0.15) is 24.0 Å². The fourth-order valence-electron chi connectivity index (χ4n) is 5.22. The smallest absolute Gasteiger partial charge is 0.265 e. The molecule has 5 rings (SSSR count). The summed E-state index contributed by atoms with van der Waals surface area (Å²) in [5.41, 5.74) is 2.47. The predicted molar refractivity (Wildman–Crippen MR) is 160 cm³/mol. The van der Waals surface area contributed by atoms with E-state index in [4.69, 9.17) is 0 Å². The van der Waals surface area contributed by atoms with E-state index in [0.717, 1.165) is 26.4 Å². The van der Waals surface area contributed by atoms with Gasteiger partial charge in [-0.3, -0.25) is 13.9 Å². The van der Waals surface area contributed by atoms with Crippen molar-refractivity contribution in [2.24, 2.45) is 0 Å². The Morgan fingerprint density at radius 2 is 1.60 bits per heavy atom. The fourth-order valence-corrected chi connectivity index (χ4v) is 7.24. The van der Waals surface area contributed by atoms with Gasteiger partial charge in [-0.2, -0.15) is 0 Å². The van der Waals surface area contributed by atoms with Gasteiger partial charge >= 0.3 is 0 Å². The first kappa shape index (κ1) is 27.9. The number of likely N-dealkylation sites (N-methyl/N-ethyl adjacent to an activating group) is 1. The lowest BCUT2D eigenvalue weighted by Gasteiger charge is -2.31. The molecule has 0 aliphatic carbocycles. The number of sulfonamides is 1. The number of amides is 2. The van der Waals surface area contributed by atoms with E-state index >= 15 is 0 Å². The van der Waals surface area contributed by atoms with Crippen LogP contribution in [0.25, 0.3) is 10.8 Å². The van der Waals surface area contributed by atoms with Gasteiger partial charge in [-0.1, -0.05) is 82.7 Å². The molecule has 0 unspecified atom stereocenters. The average molecular weight is 621 g/mol. The van der Waals surface area contributed by atoms with E-state index in [9.17, 15) is 18.0 Å². The zero-order valence-electron chi connectivity index (χ0n) is 22.1. The molecule has 206 valence electrons. The molecule has 1 aliphatic heterocycles. The highest BCUT2D eigenvalue weighted by Gasteiger charge is 2.35. The second-order valence-electron chi connectivity index (χ2n) is 9.78. The third kappa shape index (κ3) is 5.62. The second-order valence-corrected chi connectivity index (χ2v) is 12.5. The van der Waals surface area contributed by atoms with E-state index in [1.165, 1.54) is 4.31 Å². The molecule has 40 heavy (non-hydrogen) atoms. The van der Waals surface area contributed by atoms with Crippen LogP contribution < -0.4 is 9.62 Å². The summed E-state index contributed by atoms with van der Waals surface area (Å²) in [5, 5.41) is 4.31. The summed E-state index contributed by atoms with van der Waals surface area (Å²) in [4.78, 5) is 28.8. The topological polar surface area (TPSA) is 86.8 Å². The maximum Gasteiger partial charge on any atom is 0.265 e. The molecule has 1 aliphatic rings. The van der Waals surface area contributed by atoms with Gasteiger partial charge in [0.25, 0.3) is 10.0 Å². The van der Waals surface area contributed by atoms with Gasteiger partial charge in [0.2, 0.25) is 11.8 Å².